The van der Waals surface area contributed by atoms with Gasteiger partial charge < -0.3 is 5.32 Å². The van der Waals surface area contributed by atoms with Crippen molar-refractivity contribution in [2.24, 2.45) is 5.92 Å². The van der Waals surface area contributed by atoms with Crippen LogP contribution in [0.1, 0.15) is 35.4 Å². The van der Waals surface area contributed by atoms with Crippen molar-refractivity contribution in [3.8, 4) is 0 Å². The summed E-state index contributed by atoms with van der Waals surface area (Å²) in [7, 11) is 0. The fourth-order valence-electron chi connectivity index (χ4n) is 2.15. The summed E-state index contributed by atoms with van der Waals surface area (Å²) in [5.74, 6) is 0.502. The highest BCUT2D eigenvalue weighted by atomic mass is 79.9. The Bertz CT molecular complexity index is 396. The molecule has 0 aromatic carbocycles. The molecule has 0 aliphatic heterocycles. The maximum absolute atomic E-state index is 11.9. The van der Waals surface area contributed by atoms with E-state index in [1.807, 2.05) is 5.38 Å². The SMILES string of the molecule is O=C(NCC1CCCCC1Br)c1sccc1Cl. The standard InChI is InChI=1S/C12H15BrClNOS/c13-9-4-2-1-3-8(9)7-15-12(16)11-10(14)5-6-17-11/h5-6,8-9H,1-4,7H2,(H,15,16). The van der Waals surface area contributed by atoms with Crippen LogP contribution in [-0.4, -0.2) is 17.3 Å². The molecule has 1 aromatic heterocycles. The highest BCUT2D eigenvalue weighted by Crippen LogP contribution is 2.29. The van der Waals surface area contributed by atoms with Crippen molar-refractivity contribution >= 4 is 44.8 Å². The molecule has 1 aromatic rings. The van der Waals surface area contributed by atoms with Crippen molar-refractivity contribution in [1.82, 2.24) is 5.32 Å². The average molecular weight is 337 g/mol. The summed E-state index contributed by atoms with van der Waals surface area (Å²) in [5.41, 5.74) is 0. The number of carbonyl (C=O) groups is 1. The van der Waals surface area contributed by atoms with Gasteiger partial charge in [0.25, 0.3) is 5.91 Å². The second-order valence-electron chi connectivity index (χ2n) is 4.37. The van der Waals surface area contributed by atoms with E-state index in [0.29, 0.717) is 20.6 Å². The fraction of sp³-hybridized carbons (Fsp3) is 0.583. The zero-order valence-electron chi connectivity index (χ0n) is 9.42. The van der Waals surface area contributed by atoms with Gasteiger partial charge >= 0.3 is 0 Å². The minimum atomic E-state index is -0.0460. The monoisotopic (exact) mass is 335 g/mol. The summed E-state index contributed by atoms with van der Waals surface area (Å²) in [6, 6.07) is 1.76. The number of halogens is 2. The number of alkyl halides is 1. The Hall–Kier alpha value is -0.0600. The number of carbonyl (C=O) groups excluding carboxylic acids is 1. The van der Waals surface area contributed by atoms with Gasteiger partial charge in [-0.1, -0.05) is 40.4 Å². The summed E-state index contributed by atoms with van der Waals surface area (Å²) in [6.07, 6.45) is 4.95. The van der Waals surface area contributed by atoms with Crippen molar-refractivity contribution in [3.63, 3.8) is 0 Å². The molecule has 1 aliphatic carbocycles. The highest BCUT2D eigenvalue weighted by Gasteiger charge is 2.23. The summed E-state index contributed by atoms with van der Waals surface area (Å²) in [6.45, 7) is 0.739. The molecule has 17 heavy (non-hydrogen) atoms. The third-order valence-corrected chi connectivity index (χ3v) is 5.71. The predicted octanol–water partition coefficient (Wildman–Crippen LogP) is 4.09. The van der Waals surface area contributed by atoms with E-state index in [1.165, 1.54) is 37.0 Å². The van der Waals surface area contributed by atoms with Gasteiger partial charge in [-0.2, -0.15) is 0 Å². The first-order valence-electron chi connectivity index (χ1n) is 5.83. The molecule has 1 fully saturated rings. The molecular formula is C12H15BrClNOS. The normalized spacial score (nSPS) is 24.6. The van der Waals surface area contributed by atoms with E-state index in [1.54, 1.807) is 6.07 Å². The Labute approximate surface area is 119 Å². The number of thiophene rings is 1. The van der Waals surface area contributed by atoms with Crippen molar-refractivity contribution in [1.29, 1.82) is 0 Å². The van der Waals surface area contributed by atoms with Gasteiger partial charge in [0.1, 0.15) is 4.88 Å². The van der Waals surface area contributed by atoms with Crippen LogP contribution in [0.25, 0.3) is 0 Å². The van der Waals surface area contributed by atoms with E-state index >= 15 is 0 Å². The molecule has 1 aliphatic rings. The van der Waals surface area contributed by atoms with E-state index in [-0.39, 0.29) is 5.91 Å². The Morgan fingerprint density at radius 2 is 2.29 bits per heavy atom. The minimum absolute atomic E-state index is 0.0460. The lowest BCUT2D eigenvalue weighted by molar-refractivity contribution is 0.0948. The average Bonchev–Trinajstić information content (AvgIpc) is 2.74. The zero-order valence-corrected chi connectivity index (χ0v) is 12.6. The Morgan fingerprint density at radius 1 is 1.53 bits per heavy atom. The van der Waals surface area contributed by atoms with Gasteiger partial charge in [-0.15, -0.1) is 11.3 Å². The molecule has 1 saturated carbocycles. The molecule has 1 amide bonds. The van der Waals surface area contributed by atoms with Crippen LogP contribution >= 0.6 is 38.9 Å². The molecule has 0 spiro atoms. The number of hydrogen-bond donors (Lipinski definition) is 1. The lowest BCUT2D eigenvalue weighted by Gasteiger charge is -2.27. The quantitative estimate of drug-likeness (QED) is 0.828. The Kier molecular flexibility index (Phi) is 4.88. The van der Waals surface area contributed by atoms with Gasteiger partial charge in [0.2, 0.25) is 0 Å². The topological polar surface area (TPSA) is 29.1 Å². The molecule has 5 heteroatoms. The van der Waals surface area contributed by atoms with E-state index in [4.69, 9.17) is 11.6 Å². The number of nitrogens with one attached hydrogen (secondary N) is 1. The van der Waals surface area contributed by atoms with Crippen LogP contribution in [0.2, 0.25) is 5.02 Å². The highest BCUT2D eigenvalue weighted by molar-refractivity contribution is 9.09. The minimum Gasteiger partial charge on any atom is -0.351 e. The maximum Gasteiger partial charge on any atom is 0.262 e. The van der Waals surface area contributed by atoms with Crippen LogP contribution in [0.3, 0.4) is 0 Å². The second-order valence-corrected chi connectivity index (χ2v) is 6.87. The Morgan fingerprint density at radius 3 is 2.94 bits per heavy atom. The molecule has 2 unspecified atom stereocenters. The first-order chi connectivity index (χ1) is 8.18. The lowest BCUT2D eigenvalue weighted by Crippen LogP contribution is -2.34. The van der Waals surface area contributed by atoms with Crippen molar-refractivity contribution in [2.45, 2.75) is 30.5 Å². The van der Waals surface area contributed by atoms with Gasteiger partial charge in [-0.05, 0) is 30.2 Å². The molecule has 1 heterocycles. The second kappa shape index (κ2) is 6.21. The molecule has 0 saturated heterocycles. The molecule has 2 rings (SSSR count). The van der Waals surface area contributed by atoms with Crippen LogP contribution in [-0.2, 0) is 0 Å². The van der Waals surface area contributed by atoms with Gasteiger partial charge in [-0.3, -0.25) is 4.79 Å². The molecule has 0 bridgehead atoms. The van der Waals surface area contributed by atoms with Gasteiger partial charge in [0.15, 0.2) is 0 Å². The summed E-state index contributed by atoms with van der Waals surface area (Å²) < 4.78 is 0. The molecule has 0 radical (unpaired) electrons. The Balaban J connectivity index is 1.86. The van der Waals surface area contributed by atoms with Gasteiger partial charge in [0.05, 0.1) is 5.02 Å². The molecule has 94 valence electrons. The van der Waals surface area contributed by atoms with Gasteiger partial charge in [0, 0.05) is 11.4 Å². The van der Waals surface area contributed by atoms with E-state index in [0.717, 1.165) is 6.54 Å². The van der Waals surface area contributed by atoms with Crippen molar-refractivity contribution < 1.29 is 4.79 Å². The van der Waals surface area contributed by atoms with Crippen LogP contribution < -0.4 is 5.32 Å². The third-order valence-electron chi connectivity index (χ3n) is 3.16. The predicted molar refractivity (Wildman–Crippen MR) is 76.3 cm³/mol. The van der Waals surface area contributed by atoms with E-state index in [2.05, 4.69) is 21.2 Å². The number of amides is 1. The number of rotatable bonds is 3. The third kappa shape index (κ3) is 3.46. The zero-order chi connectivity index (χ0) is 12.3. The molecule has 2 nitrogen and oxygen atoms in total. The summed E-state index contributed by atoms with van der Waals surface area (Å²) in [5, 5.41) is 5.37. The molecular weight excluding hydrogens is 322 g/mol. The van der Waals surface area contributed by atoms with Crippen LogP contribution in [0.5, 0.6) is 0 Å². The van der Waals surface area contributed by atoms with Crippen LogP contribution in [0.4, 0.5) is 0 Å². The van der Waals surface area contributed by atoms with Crippen molar-refractivity contribution in [3.05, 3.63) is 21.3 Å². The van der Waals surface area contributed by atoms with Gasteiger partial charge in [-0.25, -0.2) is 0 Å². The first-order valence-corrected chi connectivity index (χ1v) is 8.01. The van der Waals surface area contributed by atoms with Crippen molar-refractivity contribution in [2.75, 3.05) is 6.54 Å². The smallest absolute Gasteiger partial charge is 0.262 e. The van der Waals surface area contributed by atoms with E-state index < -0.39 is 0 Å². The number of hydrogen-bond acceptors (Lipinski definition) is 2. The maximum atomic E-state index is 11.9. The first kappa shape index (κ1) is 13.4. The lowest BCUT2D eigenvalue weighted by atomic mass is 9.89. The summed E-state index contributed by atoms with van der Waals surface area (Å²) >= 11 is 11.0. The summed E-state index contributed by atoms with van der Waals surface area (Å²) in [4.78, 5) is 13.0. The largest absolute Gasteiger partial charge is 0.351 e. The molecule has 1 N–H and O–H groups in total. The fourth-order valence-corrected chi connectivity index (χ4v) is 3.98. The molecule has 2 atom stereocenters. The van der Waals surface area contributed by atoms with E-state index in [9.17, 15) is 4.79 Å². The van der Waals surface area contributed by atoms with Crippen LogP contribution in [0.15, 0.2) is 11.4 Å². The van der Waals surface area contributed by atoms with Crippen LogP contribution in [0, 0.1) is 5.92 Å².